The monoisotopic (exact) mass is 311 g/mol. The van der Waals surface area contributed by atoms with Crippen LogP contribution >= 0.6 is 0 Å². The predicted octanol–water partition coefficient (Wildman–Crippen LogP) is 3.69. The van der Waals surface area contributed by atoms with Gasteiger partial charge < -0.3 is 9.80 Å². The van der Waals surface area contributed by atoms with E-state index in [1.807, 2.05) is 0 Å². The van der Waals surface area contributed by atoms with Gasteiger partial charge in [0.05, 0.1) is 0 Å². The van der Waals surface area contributed by atoms with E-state index in [2.05, 4.69) is 70.6 Å². The zero-order chi connectivity index (χ0) is 17.0. The summed E-state index contributed by atoms with van der Waals surface area (Å²) in [7, 11) is 8.96. The van der Waals surface area contributed by atoms with Gasteiger partial charge in [0.2, 0.25) is 0 Å². The van der Waals surface area contributed by atoms with Crippen LogP contribution in [0.3, 0.4) is 0 Å². The van der Waals surface area contributed by atoms with Crippen LogP contribution in [0, 0.1) is 0 Å². The van der Waals surface area contributed by atoms with Crippen molar-refractivity contribution in [2.24, 2.45) is 0 Å². The Labute approximate surface area is 140 Å². The van der Waals surface area contributed by atoms with Crippen LogP contribution in [0.4, 0.5) is 0 Å². The van der Waals surface area contributed by atoms with Crippen molar-refractivity contribution >= 4 is 0 Å². The summed E-state index contributed by atoms with van der Waals surface area (Å²) in [5.74, 6) is 0. The molecule has 0 saturated carbocycles. The first-order valence-corrected chi connectivity index (χ1v) is 9.15. The summed E-state index contributed by atoms with van der Waals surface area (Å²) in [6, 6.07) is 0.725. The van der Waals surface area contributed by atoms with Crippen LogP contribution in [0.2, 0.25) is 0 Å². The summed E-state index contributed by atoms with van der Waals surface area (Å²) in [6.07, 6.45) is 7.99. The Bertz CT molecular complexity index is 305. The molecule has 3 heteroatoms. The summed E-state index contributed by atoms with van der Waals surface area (Å²) >= 11 is 0. The maximum atomic E-state index is 2.63. The van der Waals surface area contributed by atoms with Crippen molar-refractivity contribution in [3.8, 4) is 0 Å². The first kappa shape index (κ1) is 19.9. The zero-order valence-corrected chi connectivity index (χ0v) is 16.6. The molecule has 0 amide bonds. The third-order valence-electron chi connectivity index (χ3n) is 5.78. The Morgan fingerprint density at radius 1 is 0.818 bits per heavy atom. The van der Waals surface area contributed by atoms with E-state index in [0.717, 1.165) is 6.04 Å². The molecule has 132 valence electrons. The molecule has 0 aromatic carbocycles. The molecule has 1 aliphatic rings. The summed E-state index contributed by atoms with van der Waals surface area (Å²) < 4.78 is 0. The summed E-state index contributed by atoms with van der Waals surface area (Å²) in [6.45, 7) is 12.1. The van der Waals surface area contributed by atoms with Gasteiger partial charge in [0.1, 0.15) is 0 Å². The molecule has 0 spiro atoms. The minimum Gasteiger partial charge on any atom is -0.309 e. The van der Waals surface area contributed by atoms with Crippen LogP contribution in [0.1, 0.15) is 66.2 Å². The first-order valence-electron chi connectivity index (χ1n) is 9.15. The second-order valence-corrected chi connectivity index (χ2v) is 8.94. The van der Waals surface area contributed by atoms with Crippen LogP contribution in [0.25, 0.3) is 0 Å². The average Bonchev–Trinajstić information content (AvgIpc) is 2.38. The van der Waals surface area contributed by atoms with Crippen LogP contribution in [-0.2, 0) is 0 Å². The molecule has 1 fully saturated rings. The van der Waals surface area contributed by atoms with Crippen molar-refractivity contribution in [2.75, 3.05) is 41.3 Å². The number of unbranched alkanes of at least 4 members (excludes halogenated alkanes) is 3. The normalized spacial score (nSPS) is 22.6. The van der Waals surface area contributed by atoms with Crippen LogP contribution < -0.4 is 0 Å². The molecule has 1 aliphatic heterocycles. The van der Waals surface area contributed by atoms with E-state index in [0.29, 0.717) is 11.1 Å². The van der Waals surface area contributed by atoms with Gasteiger partial charge in [0, 0.05) is 17.1 Å². The summed E-state index contributed by atoms with van der Waals surface area (Å²) in [5.41, 5.74) is 0.596. The molecule has 0 N–H and O–H groups in total. The lowest BCUT2D eigenvalue weighted by atomic mass is 9.77. The minimum atomic E-state index is 0.298. The lowest BCUT2D eigenvalue weighted by Gasteiger charge is -2.55. The maximum Gasteiger partial charge on any atom is 0.0170 e. The van der Waals surface area contributed by atoms with Gasteiger partial charge in [-0.05, 0) is 94.7 Å². The van der Waals surface area contributed by atoms with Crippen molar-refractivity contribution in [3.05, 3.63) is 0 Å². The molecule has 0 bridgehead atoms. The SMILES string of the molecule is CN(C)CCCCCCN(C)C1CC(C)(C)N(C)C(C)(C)C1. The van der Waals surface area contributed by atoms with Gasteiger partial charge in [-0.25, -0.2) is 0 Å². The lowest BCUT2D eigenvalue weighted by Crippen LogP contribution is -2.62. The van der Waals surface area contributed by atoms with Crippen molar-refractivity contribution in [1.29, 1.82) is 0 Å². The number of rotatable bonds is 8. The molecule has 0 aromatic rings. The van der Waals surface area contributed by atoms with Gasteiger partial charge >= 0.3 is 0 Å². The van der Waals surface area contributed by atoms with E-state index < -0.39 is 0 Å². The molecule has 0 aromatic heterocycles. The van der Waals surface area contributed by atoms with E-state index in [1.54, 1.807) is 0 Å². The van der Waals surface area contributed by atoms with Crippen molar-refractivity contribution in [2.45, 2.75) is 83.3 Å². The lowest BCUT2D eigenvalue weighted by molar-refractivity contribution is -0.0426. The minimum absolute atomic E-state index is 0.298. The standard InChI is InChI=1S/C19H41N3/c1-18(2)15-17(16-19(3,4)22(18)8)21(7)14-12-10-9-11-13-20(5)6/h17H,9-16H2,1-8H3. The van der Waals surface area contributed by atoms with Crippen molar-refractivity contribution in [1.82, 2.24) is 14.7 Å². The third-order valence-corrected chi connectivity index (χ3v) is 5.78. The average molecular weight is 312 g/mol. The van der Waals surface area contributed by atoms with Gasteiger partial charge in [-0.1, -0.05) is 12.8 Å². The Balaban J connectivity index is 2.35. The molecule has 0 unspecified atom stereocenters. The van der Waals surface area contributed by atoms with Gasteiger partial charge in [-0.3, -0.25) is 4.90 Å². The highest BCUT2D eigenvalue weighted by molar-refractivity contribution is 5.00. The summed E-state index contributed by atoms with van der Waals surface area (Å²) in [4.78, 5) is 7.49. The number of hydrogen-bond acceptors (Lipinski definition) is 3. The quantitative estimate of drug-likeness (QED) is 0.633. The molecular weight excluding hydrogens is 270 g/mol. The Hall–Kier alpha value is -0.120. The maximum absolute atomic E-state index is 2.63. The van der Waals surface area contributed by atoms with E-state index in [-0.39, 0.29) is 0 Å². The van der Waals surface area contributed by atoms with Gasteiger partial charge in [0.25, 0.3) is 0 Å². The molecular formula is C19H41N3. The van der Waals surface area contributed by atoms with Gasteiger partial charge in [-0.2, -0.15) is 0 Å². The third kappa shape index (κ3) is 5.82. The Kier molecular flexibility index (Phi) is 7.35. The van der Waals surface area contributed by atoms with E-state index in [9.17, 15) is 0 Å². The second kappa shape index (κ2) is 8.12. The molecule has 0 aliphatic carbocycles. The molecule has 0 atom stereocenters. The second-order valence-electron chi connectivity index (χ2n) is 8.94. The first-order chi connectivity index (χ1) is 10.1. The van der Waals surface area contributed by atoms with Gasteiger partial charge in [0.15, 0.2) is 0 Å². The van der Waals surface area contributed by atoms with Crippen molar-refractivity contribution < 1.29 is 0 Å². The summed E-state index contributed by atoms with van der Waals surface area (Å²) in [5, 5.41) is 0. The fourth-order valence-electron chi connectivity index (χ4n) is 3.96. The zero-order valence-electron chi connectivity index (χ0n) is 16.6. The highest BCUT2D eigenvalue weighted by Gasteiger charge is 2.43. The van der Waals surface area contributed by atoms with Crippen LogP contribution in [0.5, 0.6) is 0 Å². The number of likely N-dealkylation sites (tertiary alicyclic amines) is 1. The Morgan fingerprint density at radius 3 is 1.73 bits per heavy atom. The van der Waals surface area contributed by atoms with E-state index >= 15 is 0 Å². The highest BCUT2D eigenvalue weighted by Crippen LogP contribution is 2.38. The Morgan fingerprint density at radius 2 is 1.27 bits per heavy atom. The molecule has 22 heavy (non-hydrogen) atoms. The van der Waals surface area contributed by atoms with E-state index in [1.165, 1.54) is 51.6 Å². The van der Waals surface area contributed by atoms with Crippen LogP contribution in [0.15, 0.2) is 0 Å². The largest absolute Gasteiger partial charge is 0.309 e. The fraction of sp³-hybridized carbons (Fsp3) is 1.00. The fourth-order valence-corrected chi connectivity index (χ4v) is 3.96. The predicted molar refractivity (Wildman–Crippen MR) is 98.6 cm³/mol. The number of hydrogen-bond donors (Lipinski definition) is 0. The van der Waals surface area contributed by atoms with Crippen LogP contribution in [-0.4, -0.2) is 73.1 Å². The molecule has 1 saturated heterocycles. The van der Waals surface area contributed by atoms with Crippen molar-refractivity contribution in [3.63, 3.8) is 0 Å². The molecule has 3 nitrogen and oxygen atoms in total. The van der Waals surface area contributed by atoms with E-state index in [4.69, 9.17) is 0 Å². The molecule has 0 radical (unpaired) electrons. The number of piperidine rings is 1. The smallest absolute Gasteiger partial charge is 0.0170 e. The van der Waals surface area contributed by atoms with Gasteiger partial charge in [-0.15, -0.1) is 0 Å². The molecule has 1 heterocycles. The topological polar surface area (TPSA) is 9.72 Å². The highest BCUT2D eigenvalue weighted by atomic mass is 15.3. The molecule has 1 rings (SSSR count). The number of nitrogens with zero attached hydrogens (tertiary/aromatic N) is 3.